The number of hydrogen-bond donors (Lipinski definition) is 0. The van der Waals surface area contributed by atoms with Gasteiger partial charge < -0.3 is 4.90 Å². The van der Waals surface area contributed by atoms with E-state index in [9.17, 15) is 13.6 Å². The molecule has 2 aromatic rings. The van der Waals surface area contributed by atoms with E-state index in [4.69, 9.17) is 4.99 Å². The molecule has 1 saturated heterocycles. The normalized spacial score (nSPS) is 26.2. The average molecular weight is 463 g/mol. The van der Waals surface area contributed by atoms with Crippen LogP contribution in [0.4, 0.5) is 8.78 Å². The second kappa shape index (κ2) is 8.69. The number of piperidine rings is 1. The minimum Gasteiger partial charge on any atom is -0.338 e. The second-order valence-electron chi connectivity index (χ2n) is 10.0. The number of nitrogens with zero attached hydrogens (tertiary/aromatic N) is 4. The van der Waals surface area contributed by atoms with Crippen molar-refractivity contribution >= 4 is 11.6 Å². The van der Waals surface area contributed by atoms with E-state index in [1.807, 2.05) is 17.0 Å². The van der Waals surface area contributed by atoms with Crippen molar-refractivity contribution in [1.29, 1.82) is 0 Å². The quantitative estimate of drug-likeness (QED) is 0.675. The SMILES string of the molecule is O=C(CC1CC2CC1N(Cc1c(F)cccc1F)C2)N1CCC2=C(C1)C(c1ccncc1)=NC2. The summed E-state index contributed by atoms with van der Waals surface area (Å²) in [5.41, 5.74) is 4.72. The van der Waals surface area contributed by atoms with E-state index in [0.717, 1.165) is 50.2 Å². The molecule has 1 amide bonds. The van der Waals surface area contributed by atoms with Crippen molar-refractivity contribution in [3.63, 3.8) is 0 Å². The van der Waals surface area contributed by atoms with Crippen LogP contribution < -0.4 is 0 Å². The highest BCUT2D eigenvalue weighted by Gasteiger charge is 2.46. The van der Waals surface area contributed by atoms with Crippen molar-refractivity contribution in [1.82, 2.24) is 14.8 Å². The molecule has 2 fully saturated rings. The van der Waals surface area contributed by atoms with Crippen LogP contribution in [0.1, 0.15) is 36.8 Å². The number of hydrogen-bond acceptors (Lipinski definition) is 4. The summed E-state index contributed by atoms with van der Waals surface area (Å²) in [6, 6.07) is 8.20. The van der Waals surface area contributed by atoms with Gasteiger partial charge in [0.05, 0.1) is 12.3 Å². The van der Waals surface area contributed by atoms with Crippen molar-refractivity contribution in [3.8, 4) is 0 Å². The predicted molar refractivity (Wildman–Crippen MR) is 125 cm³/mol. The minimum absolute atomic E-state index is 0.139. The van der Waals surface area contributed by atoms with Crippen LogP contribution in [0.5, 0.6) is 0 Å². The number of amides is 1. The number of carbonyl (C=O) groups excluding carboxylic acids is 1. The lowest BCUT2D eigenvalue weighted by Crippen LogP contribution is -2.43. The highest BCUT2D eigenvalue weighted by Crippen LogP contribution is 2.44. The van der Waals surface area contributed by atoms with E-state index in [1.54, 1.807) is 12.4 Å². The largest absolute Gasteiger partial charge is 0.338 e. The summed E-state index contributed by atoms with van der Waals surface area (Å²) in [6.45, 7) is 3.20. The number of fused-ring (bicyclic) bond motifs is 2. The molecule has 5 nitrogen and oxygen atoms in total. The molecular formula is C27H28F2N4O. The fourth-order valence-electron chi connectivity index (χ4n) is 6.40. The van der Waals surface area contributed by atoms with Gasteiger partial charge in [0.15, 0.2) is 0 Å². The maximum atomic E-state index is 14.2. The molecule has 1 aromatic carbocycles. The first-order valence-electron chi connectivity index (χ1n) is 12.2. The zero-order chi connectivity index (χ0) is 23.2. The first-order valence-corrected chi connectivity index (χ1v) is 12.2. The zero-order valence-corrected chi connectivity index (χ0v) is 19.1. The molecule has 4 aliphatic rings. The van der Waals surface area contributed by atoms with Crippen LogP contribution in [0.3, 0.4) is 0 Å². The van der Waals surface area contributed by atoms with Crippen LogP contribution in [0.15, 0.2) is 58.9 Å². The van der Waals surface area contributed by atoms with E-state index < -0.39 is 11.6 Å². The topological polar surface area (TPSA) is 48.8 Å². The van der Waals surface area contributed by atoms with Gasteiger partial charge in [-0.3, -0.25) is 19.7 Å². The summed E-state index contributed by atoms with van der Waals surface area (Å²) in [5, 5.41) is 0. The number of benzene rings is 1. The molecule has 0 radical (unpaired) electrons. The Kier molecular flexibility index (Phi) is 5.52. The maximum Gasteiger partial charge on any atom is 0.223 e. The Bertz CT molecular complexity index is 1160. The number of halogens is 2. The molecule has 3 aliphatic heterocycles. The summed E-state index contributed by atoms with van der Waals surface area (Å²) < 4.78 is 28.4. The van der Waals surface area contributed by atoms with Gasteiger partial charge in [0.1, 0.15) is 11.6 Å². The molecule has 1 aromatic heterocycles. The van der Waals surface area contributed by atoms with Crippen molar-refractivity contribution in [3.05, 3.63) is 76.6 Å². The van der Waals surface area contributed by atoms with Gasteiger partial charge in [-0.15, -0.1) is 0 Å². The molecule has 34 heavy (non-hydrogen) atoms. The van der Waals surface area contributed by atoms with Gasteiger partial charge in [0.25, 0.3) is 0 Å². The van der Waals surface area contributed by atoms with Crippen LogP contribution in [0.2, 0.25) is 0 Å². The lowest BCUT2D eigenvalue weighted by molar-refractivity contribution is -0.132. The van der Waals surface area contributed by atoms with Gasteiger partial charge in [-0.1, -0.05) is 6.07 Å². The van der Waals surface area contributed by atoms with Gasteiger partial charge in [-0.2, -0.15) is 0 Å². The number of carbonyl (C=O) groups is 1. The Morgan fingerprint density at radius 1 is 1.09 bits per heavy atom. The van der Waals surface area contributed by atoms with Crippen LogP contribution in [-0.2, 0) is 11.3 Å². The Hall–Kier alpha value is -2.93. The van der Waals surface area contributed by atoms with E-state index in [-0.39, 0.29) is 30.0 Å². The van der Waals surface area contributed by atoms with Crippen molar-refractivity contribution < 1.29 is 13.6 Å². The van der Waals surface area contributed by atoms with Crippen LogP contribution in [0, 0.1) is 23.5 Å². The number of likely N-dealkylation sites (tertiary alicyclic amines) is 1. The molecule has 1 aliphatic carbocycles. The standard InChI is InChI=1S/C27H28F2N4O/c28-23-2-1-3-24(29)22(23)16-33-14-17-10-20(25(33)11-17)12-26(34)32-9-6-19-13-31-27(21(19)15-32)18-4-7-30-8-5-18/h1-5,7-8,17,20,25H,6,9-16H2. The summed E-state index contributed by atoms with van der Waals surface area (Å²) in [7, 11) is 0. The molecule has 3 unspecified atom stereocenters. The van der Waals surface area contributed by atoms with Crippen LogP contribution in [-0.4, -0.2) is 58.6 Å². The minimum atomic E-state index is -0.490. The molecule has 3 atom stereocenters. The lowest BCUT2D eigenvalue weighted by atomic mass is 9.92. The van der Waals surface area contributed by atoms with Crippen molar-refractivity contribution in [2.24, 2.45) is 16.8 Å². The number of rotatable bonds is 5. The highest BCUT2D eigenvalue weighted by atomic mass is 19.1. The Morgan fingerprint density at radius 3 is 2.65 bits per heavy atom. The molecule has 6 rings (SSSR count). The third-order valence-corrected chi connectivity index (χ3v) is 8.06. The predicted octanol–water partition coefficient (Wildman–Crippen LogP) is 3.99. The Labute approximate surface area is 198 Å². The lowest BCUT2D eigenvalue weighted by Gasteiger charge is -2.35. The molecule has 1 saturated carbocycles. The molecular weight excluding hydrogens is 434 g/mol. The van der Waals surface area contributed by atoms with Gasteiger partial charge in [-0.25, -0.2) is 8.78 Å². The van der Waals surface area contributed by atoms with Crippen LogP contribution >= 0.6 is 0 Å². The van der Waals surface area contributed by atoms with Crippen LogP contribution in [0.25, 0.3) is 0 Å². The third kappa shape index (κ3) is 3.86. The summed E-state index contributed by atoms with van der Waals surface area (Å²) in [5.74, 6) is -0.0453. The van der Waals surface area contributed by atoms with E-state index >= 15 is 0 Å². The van der Waals surface area contributed by atoms with Crippen molar-refractivity contribution in [2.75, 3.05) is 26.2 Å². The van der Waals surface area contributed by atoms with Crippen molar-refractivity contribution in [2.45, 2.75) is 38.3 Å². The summed E-state index contributed by atoms with van der Waals surface area (Å²) in [4.78, 5) is 26.4. The van der Waals surface area contributed by atoms with E-state index in [2.05, 4.69) is 9.88 Å². The molecule has 0 N–H and O–H groups in total. The molecule has 4 heterocycles. The molecule has 7 heteroatoms. The fourth-order valence-corrected chi connectivity index (χ4v) is 6.40. The first kappa shape index (κ1) is 21.6. The number of aromatic nitrogens is 1. The smallest absolute Gasteiger partial charge is 0.223 e. The van der Waals surface area contributed by atoms with E-state index in [1.165, 1.54) is 29.3 Å². The molecule has 2 bridgehead atoms. The molecule has 0 spiro atoms. The monoisotopic (exact) mass is 462 g/mol. The van der Waals surface area contributed by atoms with Gasteiger partial charge in [-0.05, 0) is 66.5 Å². The number of aliphatic imine (C=N–C) groups is 1. The second-order valence-corrected chi connectivity index (χ2v) is 10.0. The Morgan fingerprint density at radius 2 is 1.88 bits per heavy atom. The zero-order valence-electron chi connectivity index (χ0n) is 19.1. The van der Waals surface area contributed by atoms with Gasteiger partial charge in [0, 0.05) is 62.2 Å². The Balaban J connectivity index is 1.12. The van der Waals surface area contributed by atoms with Gasteiger partial charge >= 0.3 is 0 Å². The first-order chi connectivity index (χ1) is 16.6. The number of pyridine rings is 1. The maximum absolute atomic E-state index is 14.2. The fraction of sp³-hybridized carbons (Fsp3) is 0.444. The summed E-state index contributed by atoms with van der Waals surface area (Å²) >= 11 is 0. The third-order valence-electron chi connectivity index (χ3n) is 8.06. The summed E-state index contributed by atoms with van der Waals surface area (Å²) in [6.07, 6.45) is 6.96. The van der Waals surface area contributed by atoms with Gasteiger partial charge in [0.2, 0.25) is 5.91 Å². The van der Waals surface area contributed by atoms with E-state index in [0.29, 0.717) is 18.9 Å². The highest BCUT2D eigenvalue weighted by molar-refractivity contribution is 6.15. The molecule has 176 valence electrons. The average Bonchev–Trinajstić information content (AvgIpc) is 3.55.